The van der Waals surface area contributed by atoms with E-state index in [9.17, 15) is 0 Å². The van der Waals surface area contributed by atoms with Crippen molar-refractivity contribution in [2.24, 2.45) is 0 Å². The molecule has 1 nitrogen and oxygen atoms in total. The third-order valence-corrected chi connectivity index (χ3v) is 2.63. The van der Waals surface area contributed by atoms with E-state index in [-0.39, 0.29) is 0 Å². The van der Waals surface area contributed by atoms with Gasteiger partial charge >= 0.3 is 0 Å². The molecule has 0 aliphatic carbocycles. The lowest BCUT2D eigenvalue weighted by atomic mass is 10.3. The van der Waals surface area contributed by atoms with Crippen LogP contribution in [0, 0.1) is 0 Å². The molecule has 0 amide bonds. The highest BCUT2D eigenvalue weighted by Gasteiger charge is 2.04. The summed E-state index contributed by atoms with van der Waals surface area (Å²) in [6, 6.07) is 0.710. The molecule has 0 aromatic rings. The molecule has 82 valence electrons. The van der Waals surface area contributed by atoms with Gasteiger partial charge < -0.3 is 4.90 Å². The maximum atomic E-state index is 2.51. The van der Waals surface area contributed by atoms with Crippen LogP contribution in [-0.2, 0) is 0 Å². The third-order valence-electron chi connectivity index (χ3n) is 1.93. The highest BCUT2D eigenvalue weighted by molar-refractivity contribution is 7.98. The highest BCUT2D eigenvalue weighted by Crippen LogP contribution is 2.01. The molecular formula is C11H27NS. The predicted molar refractivity (Wildman–Crippen MR) is 66.7 cm³/mol. The van der Waals surface area contributed by atoms with Crippen molar-refractivity contribution in [2.75, 3.05) is 25.1 Å². The summed E-state index contributed by atoms with van der Waals surface area (Å²) in [5, 5.41) is 0. The highest BCUT2D eigenvalue weighted by atomic mass is 32.2. The fourth-order valence-electron chi connectivity index (χ4n) is 1.19. The van der Waals surface area contributed by atoms with Crippen molar-refractivity contribution < 1.29 is 0 Å². The Morgan fingerprint density at radius 2 is 1.77 bits per heavy atom. The van der Waals surface area contributed by atoms with E-state index in [1.54, 1.807) is 0 Å². The number of hydrogen-bond acceptors (Lipinski definition) is 2. The van der Waals surface area contributed by atoms with Crippen LogP contribution in [0.5, 0.6) is 0 Å². The first-order chi connectivity index (χ1) is 6.22. The normalized spacial score (nSPS) is 10.2. The minimum Gasteiger partial charge on any atom is -0.301 e. The summed E-state index contributed by atoms with van der Waals surface area (Å²) in [6.07, 6.45) is 3.50. The maximum Gasteiger partial charge on any atom is 0.00384 e. The zero-order chi connectivity index (χ0) is 10.7. The van der Waals surface area contributed by atoms with Crippen LogP contribution in [0.2, 0.25) is 0 Å². The first-order valence-electron chi connectivity index (χ1n) is 5.45. The second-order valence-electron chi connectivity index (χ2n) is 3.07. The summed E-state index contributed by atoms with van der Waals surface area (Å²) < 4.78 is 0. The van der Waals surface area contributed by atoms with Crippen LogP contribution in [0.3, 0.4) is 0 Å². The van der Waals surface area contributed by atoms with Crippen molar-refractivity contribution in [1.29, 1.82) is 0 Å². The van der Waals surface area contributed by atoms with Gasteiger partial charge in [0, 0.05) is 6.04 Å². The number of hydrogen-bond donors (Lipinski definition) is 0. The zero-order valence-corrected chi connectivity index (χ0v) is 11.1. The summed E-state index contributed by atoms with van der Waals surface area (Å²) in [4.78, 5) is 2.51. The van der Waals surface area contributed by atoms with Gasteiger partial charge in [0.05, 0.1) is 0 Å². The molecule has 0 aromatic heterocycles. The van der Waals surface area contributed by atoms with Gasteiger partial charge in [-0.1, -0.05) is 20.8 Å². The van der Waals surface area contributed by atoms with Gasteiger partial charge in [-0.2, -0.15) is 11.8 Å². The lowest BCUT2D eigenvalue weighted by molar-refractivity contribution is 0.235. The number of thioether (sulfide) groups is 1. The summed E-state index contributed by atoms with van der Waals surface area (Å²) in [6.45, 7) is 13.2. The molecule has 0 aliphatic rings. The Bertz CT molecular complexity index is 84.2. The molecule has 0 radical (unpaired) electrons. The van der Waals surface area contributed by atoms with Crippen molar-refractivity contribution >= 4 is 11.8 Å². The molecule has 0 aliphatic heterocycles. The first kappa shape index (κ1) is 15.8. The number of rotatable bonds is 6. The quantitative estimate of drug-likeness (QED) is 0.611. The van der Waals surface area contributed by atoms with E-state index >= 15 is 0 Å². The first-order valence-corrected chi connectivity index (χ1v) is 6.84. The monoisotopic (exact) mass is 205 g/mol. The van der Waals surface area contributed by atoms with Gasteiger partial charge in [-0.15, -0.1) is 0 Å². The summed E-state index contributed by atoms with van der Waals surface area (Å²) >= 11 is 1.94. The fourth-order valence-corrected chi connectivity index (χ4v) is 1.61. The Morgan fingerprint density at radius 3 is 2.08 bits per heavy atom. The average Bonchev–Trinajstić information content (AvgIpc) is 2.15. The van der Waals surface area contributed by atoms with Gasteiger partial charge in [0.1, 0.15) is 0 Å². The molecule has 0 fully saturated rings. The van der Waals surface area contributed by atoms with Crippen molar-refractivity contribution in [2.45, 2.75) is 47.1 Å². The Morgan fingerprint density at radius 1 is 1.23 bits per heavy atom. The number of nitrogens with zero attached hydrogens (tertiary/aromatic N) is 1. The van der Waals surface area contributed by atoms with Gasteiger partial charge in [0.2, 0.25) is 0 Å². The molecule has 0 saturated heterocycles. The Labute approximate surface area is 89.3 Å². The van der Waals surface area contributed by atoms with Crippen molar-refractivity contribution in [1.82, 2.24) is 4.90 Å². The second kappa shape index (κ2) is 12.3. The van der Waals surface area contributed by atoms with Crippen LogP contribution < -0.4 is 0 Å². The van der Waals surface area contributed by atoms with Crippen molar-refractivity contribution in [3.63, 3.8) is 0 Å². The Kier molecular flexibility index (Phi) is 14.9. The predicted octanol–water partition coefficient (Wildman–Crippen LogP) is 3.50. The molecule has 13 heavy (non-hydrogen) atoms. The Hall–Kier alpha value is 0.310. The smallest absolute Gasteiger partial charge is 0.00384 e. The van der Waals surface area contributed by atoms with Crippen LogP contribution >= 0.6 is 11.8 Å². The average molecular weight is 205 g/mol. The van der Waals surface area contributed by atoms with Crippen LogP contribution in [-0.4, -0.2) is 36.0 Å². The largest absolute Gasteiger partial charge is 0.301 e. The topological polar surface area (TPSA) is 3.24 Å². The molecule has 0 atom stereocenters. The van der Waals surface area contributed by atoms with E-state index in [0.29, 0.717) is 6.04 Å². The van der Waals surface area contributed by atoms with Crippen LogP contribution in [0.4, 0.5) is 0 Å². The van der Waals surface area contributed by atoms with Crippen molar-refractivity contribution in [3.8, 4) is 0 Å². The van der Waals surface area contributed by atoms with Crippen LogP contribution in [0.15, 0.2) is 0 Å². The maximum absolute atomic E-state index is 2.51. The molecule has 0 heterocycles. The summed E-state index contributed by atoms with van der Waals surface area (Å²) in [7, 11) is 0. The van der Waals surface area contributed by atoms with Crippen molar-refractivity contribution in [3.05, 3.63) is 0 Å². The molecule has 0 aromatic carbocycles. The van der Waals surface area contributed by atoms with Gasteiger partial charge in [0.25, 0.3) is 0 Å². The van der Waals surface area contributed by atoms with Gasteiger partial charge in [-0.25, -0.2) is 0 Å². The SMILES string of the molecule is CC.CCN(CCCSC)C(C)C. The van der Waals surface area contributed by atoms with E-state index in [1.807, 2.05) is 25.6 Å². The molecule has 0 rings (SSSR count). The minimum atomic E-state index is 0.710. The lowest BCUT2D eigenvalue weighted by Crippen LogP contribution is -2.31. The fraction of sp³-hybridized carbons (Fsp3) is 1.00. The van der Waals surface area contributed by atoms with Gasteiger partial charge in [-0.05, 0) is 45.4 Å². The molecule has 0 bridgehead atoms. The standard InChI is InChI=1S/C9H21NS.C2H6/c1-5-10(9(2)3)7-6-8-11-4;1-2/h9H,5-8H2,1-4H3;1-2H3. The molecule has 0 saturated carbocycles. The Balaban J connectivity index is 0. The van der Waals surface area contributed by atoms with E-state index < -0.39 is 0 Å². The molecular weight excluding hydrogens is 178 g/mol. The third kappa shape index (κ3) is 10.2. The molecule has 0 unspecified atom stereocenters. The van der Waals surface area contributed by atoms with E-state index in [4.69, 9.17) is 0 Å². The molecule has 0 spiro atoms. The molecule has 0 N–H and O–H groups in total. The summed E-state index contributed by atoms with van der Waals surface area (Å²) in [5.74, 6) is 1.29. The molecule has 2 heteroatoms. The zero-order valence-electron chi connectivity index (χ0n) is 10.3. The van der Waals surface area contributed by atoms with E-state index in [0.717, 1.165) is 0 Å². The second-order valence-corrected chi connectivity index (χ2v) is 4.05. The van der Waals surface area contributed by atoms with Gasteiger partial charge in [0.15, 0.2) is 0 Å². The van der Waals surface area contributed by atoms with E-state index in [1.165, 1.54) is 25.3 Å². The minimum absolute atomic E-state index is 0.710. The lowest BCUT2D eigenvalue weighted by Gasteiger charge is -2.24. The van der Waals surface area contributed by atoms with Crippen LogP contribution in [0.1, 0.15) is 41.0 Å². The summed E-state index contributed by atoms with van der Waals surface area (Å²) in [5.41, 5.74) is 0. The van der Waals surface area contributed by atoms with E-state index in [2.05, 4.69) is 31.9 Å². The van der Waals surface area contributed by atoms with Gasteiger partial charge in [-0.3, -0.25) is 0 Å². The van der Waals surface area contributed by atoms with Crippen LogP contribution in [0.25, 0.3) is 0 Å².